The molecule has 0 spiro atoms. The van der Waals surface area contributed by atoms with Crippen molar-refractivity contribution in [2.45, 2.75) is 19.3 Å². The number of carbonyl (C=O) groups excluding carboxylic acids is 1. The SMILES string of the molecule is CC(=O)c1ccc(-c2nc([C@@H]3CCOC3)no2)s1. The van der Waals surface area contributed by atoms with Crippen LogP contribution in [0.25, 0.3) is 10.8 Å². The fraction of sp³-hybridized carbons (Fsp3) is 0.417. The minimum absolute atomic E-state index is 0.0511. The van der Waals surface area contributed by atoms with E-state index in [1.165, 1.54) is 11.3 Å². The molecule has 1 aliphatic rings. The van der Waals surface area contributed by atoms with Crippen molar-refractivity contribution in [1.82, 2.24) is 10.1 Å². The number of aromatic nitrogens is 2. The highest BCUT2D eigenvalue weighted by atomic mass is 32.1. The molecule has 3 heterocycles. The summed E-state index contributed by atoms with van der Waals surface area (Å²) in [5.41, 5.74) is 0. The molecule has 1 atom stereocenters. The topological polar surface area (TPSA) is 65.2 Å². The van der Waals surface area contributed by atoms with Crippen molar-refractivity contribution in [3.05, 3.63) is 22.8 Å². The number of ketones is 1. The first kappa shape index (κ1) is 11.6. The largest absolute Gasteiger partial charge is 0.381 e. The normalized spacial score (nSPS) is 19.3. The molecule has 5 nitrogen and oxygen atoms in total. The Balaban J connectivity index is 1.85. The molecule has 1 saturated heterocycles. The molecule has 3 rings (SSSR count). The van der Waals surface area contributed by atoms with Gasteiger partial charge in [0.15, 0.2) is 11.6 Å². The van der Waals surface area contributed by atoms with E-state index in [2.05, 4.69) is 10.1 Å². The molecule has 0 aliphatic carbocycles. The van der Waals surface area contributed by atoms with Gasteiger partial charge in [-0.2, -0.15) is 4.98 Å². The highest BCUT2D eigenvalue weighted by molar-refractivity contribution is 7.17. The fourth-order valence-electron chi connectivity index (χ4n) is 1.88. The predicted octanol–water partition coefficient (Wildman–Crippen LogP) is 2.50. The lowest BCUT2D eigenvalue weighted by atomic mass is 10.1. The molecule has 2 aromatic rings. The molecule has 0 amide bonds. The summed E-state index contributed by atoms with van der Waals surface area (Å²) in [5, 5.41) is 3.98. The van der Waals surface area contributed by atoms with Gasteiger partial charge in [-0.1, -0.05) is 5.16 Å². The van der Waals surface area contributed by atoms with Crippen molar-refractivity contribution in [1.29, 1.82) is 0 Å². The number of Topliss-reactive ketones (excluding diaryl/α,β-unsaturated/α-hetero) is 1. The van der Waals surface area contributed by atoms with Crippen molar-refractivity contribution in [3.8, 4) is 10.8 Å². The van der Waals surface area contributed by atoms with Crippen LogP contribution in [-0.2, 0) is 4.74 Å². The van der Waals surface area contributed by atoms with Crippen molar-refractivity contribution >= 4 is 17.1 Å². The average molecular weight is 264 g/mol. The second-order valence-corrected chi connectivity index (χ2v) is 5.32. The van der Waals surface area contributed by atoms with E-state index < -0.39 is 0 Å². The highest BCUT2D eigenvalue weighted by Gasteiger charge is 2.23. The maximum atomic E-state index is 11.2. The lowest BCUT2D eigenvalue weighted by molar-refractivity contribution is 0.102. The highest BCUT2D eigenvalue weighted by Crippen LogP contribution is 2.29. The molecule has 0 N–H and O–H groups in total. The quantitative estimate of drug-likeness (QED) is 0.797. The first-order valence-electron chi connectivity index (χ1n) is 5.76. The van der Waals surface area contributed by atoms with E-state index in [1.54, 1.807) is 13.0 Å². The Labute approximate surface area is 108 Å². The van der Waals surface area contributed by atoms with Crippen LogP contribution in [0.15, 0.2) is 16.7 Å². The molecule has 0 saturated carbocycles. The van der Waals surface area contributed by atoms with E-state index in [-0.39, 0.29) is 11.7 Å². The number of hydrogen-bond acceptors (Lipinski definition) is 6. The summed E-state index contributed by atoms with van der Waals surface area (Å²) in [6.07, 6.45) is 0.933. The van der Waals surface area contributed by atoms with E-state index in [4.69, 9.17) is 9.26 Å². The van der Waals surface area contributed by atoms with E-state index in [0.29, 0.717) is 23.2 Å². The maximum Gasteiger partial charge on any atom is 0.268 e. The summed E-state index contributed by atoms with van der Waals surface area (Å²) in [6.45, 7) is 2.95. The first-order valence-corrected chi connectivity index (χ1v) is 6.58. The van der Waals surface area contributed by atoms with Gasteiger partial charge >= 0.3 is 0 Å². The number of ether oxygens (including phenoxy) is 1. The Morgan fingerprint density at radius 1 is 1.50 bits per heavy atom. The molecule has 94 valence electrons. The van der Waals surface area contributed by atoms with Gasteiger partial charge in [0.2, 0.25) is 0 Å². The van der Waals surface area contributed by atoms with Crippen LogP contribution in [0.4, 0.5) is 0 Å². The minimum atomic E-state index is 0.0511. The van der Waals surface area contributed by atoms with Crippen LogP contribution >= 0.6 is 11.3 Å². The van der Waals surface area contributed by atoms with E-state index in [9.17, 15) is 4.79 Å². The summed E-state index contributed by atoms with van der Waals surface area (Å²) in [4.78, 5) is 17.1. The summed E-state index contributed by atoms with van der Waals surface area (Å²) in [6, 6.07) is 3.62. The predicted molar refractivity (Wildman–Crippen MR) is 65.8 cm³/mol. The van der Waals surface area contributed by atoms with Crippen LogP contribution in [0, 0.1) is 0 Å². The average Bonchev–Trinajstić information content (AvgIpc) is 3.10. The lowest BCUT2D eigenvalue weighted by Gasteiger charge is -1.97. The zero-order chi connectivity index (χ0) is 12.5. The molecule has 6 heteroatoms. The number of rotatable bonds is 3. The summed E-state index contributed by atoms with van der Waals surface area (Å²) >= 11 is 1.37. The lowest BCUT2D eigenvalue weighted by Crippen LogP contribution is -1.99. The first-order chi connectivity index (χ1) is 8.74. The molecular weight excluding hydrogens is 252 g/mol. The Morgan fingerprint density at radius 3 is 3.06 bits per heavy atom. The van der Waals surface area contributed by atoms with Gasteiger partial charge < -0.3 is 9.26 Å². The van der Waals surface area contributed by atoms with Gasteiger partial charge in [-0.05, 0) is 25.5 Å². The van der Waals surface area contributed by atoms with Crippen LogP contribution in [0.3, 0.4) is 0 Å². The third-order valence-corrected chi connectivity index (χ3v) is 4.07. The van der Waals surface area contributed by atoms with Gasteiger partial charge in [0.05, 0.1) is 16.4 Å². The second-order valence-electron chi connectivity index (χ2n) is 4.24. The molecule has 0 aromatic carbocycles. The number of hydrogen-bond donors (Lipinski definition) is 0. The van der Waals surface area contributed by atoms with Gasteiger partial charge in [0.1, 0.15) is 0 Å². The van der Waals surface area contributed by atoms with Crippen molar-refractivity contribution in [2.75, 3.05) is 13.2 Å². The number of nitrogens with zero attached hydrogens (tertiary/aromatic N) is 2. The molecule has 2 aromatic heterocycles. The second kappa shape index (κ2) is 4.62. The Bertz CT molecular complexity index is 569. The third kappa shape index (κ3) is 2.09. The minimum Gasteiger partial charge on any atom is -0.381 e. The molecular formula is C12H12N2O3S. The molecule has 18 heavy (non-hydrogen) atoms. The van der Waals surface area contributed by atoms with Gasteiger partial charge in [-0.25, -0.2) is 0 Å². The Morgan fingerprint density at radius 2 is 2.39 bits per heavy atom. The molecule has 0 bridgehead atoms. The fourth-order valence-corrected chi connectivity index (χ4v) is 2.70. The molecule has 0 unspecified atom stereocenters. The van der Waals surface area contributed by atoms with Gasteiger partial charge in [0, 0.05) is 12.5 Å². The van der Waals surface area contributed by atoms with Crippen LogP contribution in [0.5, 0.6) is 0 Å². The number of carbonyl (C=O) groups is 1. The summed E-state index contributed by atoms with van der Waals surface area (Å²) in [5.74, 6) is 1.46. The zero-order valence-corrected chi connectivity index (χ0v) is 10.7. The van der Waals surface area contributed by atoms with Gasteiger partial charge in [-0.3, -0.25) is 4.79 Å². The van der Waals surface area contributed by atoms with Crippen LogP contribution < -0.4 is 0 Å². The van der Waals surface area contributed by atoms with E-state index in [0.717, 1.165) is 17.9 Å². The molecule has 1 aliphatic heterocycles. The third-order valence-electron chi connectivity index (χ3n) is 2.90. The van der Waals surface area contributed by atoms with Crippen molar-refractivity contribution < 1.29 is 14.1 Å². The summed E-state index contributed by atoms with van der Waals surface area (Å²) in [7, 11) is 0. The standard InChI is InChI=1S/C12H12N2O3S/c1-7(15)9-2-3-10(18-9)12-13-11(14-17-12)8-4-5-16-6-8/h2-3,8H,4-6H2,1H3/t8-/m1/s1. The summed E-state index contributed by atoms with van der Waals surface area (Å²) < 4.78 is 10.5. The van der Waals surface area contributed by atoms with Crippen LogP contribution in [-0.4, -0.2) is 29.1 Å². The number of thiophene rings is 1. The van der Waals surface area contributed by atoms with Crippen LogP contribution in [0.2, 0.25) is 0 Å². The smallest absolute Gasteiger partial charge is 0.268 e. The van der Waals surface area contributed by atoms with E-state index in [1.807, 2.05) is 6.07 Å². The Hall–Kier alpha value is -1.53. The van der Waals surface area contributed by atoms with Gasteiger partial charge in [-0.15, -0.1) is 11.3 Å². The van der Waals surface area contributed by atoms with Crippen LogP contribution in [0.1, 0.15) is 34.8 Å². The van der Waals surface area contributed by atoms with Crippen molar-refractivity contribution in [2.24, 2.45) is 0 Å². The maximum absolute atomic E-state index is 11.2. The molecule has 1 fully saturated rings. The monoisotopic (exact) mass is 264 g/mol. The van der Waals surface area contributed by atoms with Gasteiger partial charge in [0.25, 0.3) is 5.89 Å². The Kier molecular flexibility index (Phi) is 2.97. The zero-order valence-electron chi connectivity index (χ0n) is 9.88. The molecule has 0 radical (unpaired) electrons. The van der Waals surface area contributed by atoms with Crippen molar-refractivity contribution in [3.63, 3.8) is 0 Å². The van der Waals surface area contributed by atoms with E-state index >= 15 is 0 Å².